The molecule has 1 unspecified atom stereocenters. The predicted octanol–water partition coefficient (Wildman–Crippen LogP) is 4.97. The van der Waals surface area contributed by atoms with Gasteiger partial charge in [0.25, 0.3) is 11.8 Å². The van der Waals surface area contributed by atoms with Crippen molar-refractivity contribution in [1.82, 2.24) is 15.4 Å². The zero-order valence-corrected chi connectivity index (χ0v) is 19.0. The molecular weight excluding hydrogens is 453 g/mol. The first-order chi connectivity index (χ1) is 16.5. The van der Waals surface area contributed by atoms with E-state index in [2.05, 4.69) is 5.43 Å². The largest absolute Gasteiger partial charge is 0.497 e. The Balaban J connectivity index is 1.50. The fourth-order valence-electron chi connectivity index (χ4n) is 3.86. The van der Waals surface area contributed by atoms with E-state index in [0.717, 1.165) is 16.9 Å². The lowest BCUT2D eigenvalue weighted by atomic mass is 10.0. The molecule has 2 heterocycles. The second-order valence-corrected chi connectivity index (χ2v) is 8.79. The van der Waals surface area contributed by atoms with Gasteiger partial charge in [-0.15, -0.1) is 11.8 Å². The lowest BCUT2D eigenvalue weighted by Crippen LogP contribution is -2.44. The van der Waals surface area contributed by atoms with Crippen LogP contribution in [0.2, 0.25) is 0 Å². The standard InChI is InChI=1S/C26H20FN3O3S/c1-33-19-12-8-16(9-13-19)23-14-21(20-4-2-3-5-22(20)28-23)25(32)29-30-24(31)15-34-26(30)17-6-10-18(27)11-7-17/h2-14,26H,15H2,1H3,(H,29,32). The first-order valence-electron chi connectivity index (χ1n) is 10.6. The number of rotatable bonds is 5. The minimum atomic E-state index is -0.439. The molecule has 1 saturated heterocycles. The second kappa shape index (κ2) is 9.15. The monoisotopic (exact) mass is 473 g/mol. The van der Waals surface area contributed by atoms with E-state index in [1.807, 2.05) is 48.5 Å². The number of carbonyl (C=O) groups is 2. The number of thioether (sulfide) groups is 1. The summed E-state index contributed by atoms with van der Waals surface area (Å²) < 4.78 is 18.6. The van der Waals surface area contributed by atoms with Gasteiger partial charge in [0.15, 0.2) is 0 Å². The molecule has 1 N–H and O–H groups in total. The van der Waals surface area contributed by atoms with Crippen LogP contribution in [0, 0.1) is 5.82 Å². The Morgan fingerprint density at radius 1 is 1.09 bits per heavy atom. The molecular formula is C26H20FN3O3S. The van der Waals surface area contributed by atoms with Crippen molar-refractivity contribution in [3.05, 3.63) is 95.8 Å². The first kappa shape index (κ1) is 21.9. The Morgan fingerprint density at radius 2 is 1.82 bits per heavy atom. The maximum absolute atomic E-state index is 13.5. The van der Waals surface area contributed by atoms with E-state index < -0.39 is 11.3 Å². The van der Waals surface area contributed by atoms with E-state index in [4.69, 9.17) is 9.72 Å². The van der Waals surface area contributed by atoms with Crippen molar-refractivity contribution < 1.29 is 18.7 Å². The van der Waals surface area contributed by atoms with Crippen molar-refractivity contribution in [1.29, 1.82) is 0 Å². The van der Waals surface area contributed by atoms with Gasteiger partial charge in [0, 0.05) is 10.9 Å². The number of benzene rings is 3. The summed E-state index contributed by atoms with van der Waals surface area (Å²) in [7, 11) is 1.60. The highest BCUT2D eigenvalue weighted by atomic mass is 32.2. The SMILES string of the molecule is COc1ccc(-c2cc(C(=O)NN3C(=O)CSC3c3ccc(F)cc3)c3ccccc3n2)cc1. The van der Waals surface area contributed by atoms with Crippen molar-refractivity contribution in [2.45, 2.75) is 5.37 Å². The summed E-state index contributed by atoms with van der Waals surface area (Å²) in [5.74, 6) is -0.0589. The van der Waals surface area contributed by atoms with Crippen molar-refractivity contribution >= 4 is 34.5 Å². The molecule has 0 radical (unpaired) electrons. The average Bonchev–Trinajstić information content (AvgIpc) is 3.23. The van der Waals surface area contributed by atoms with Crippen LogP contribution in [-0.4, -0.2) is 34.7 Å². The van der Waals surface area contributed by atoms with Gasteiger partial charge in [-0.25, -0.2) is 14.4 Å². The number of nitrogens with one attached hydrogen (secondary N) is 1. The fraction of sp³-hybridized carbons (Fsp3) is 0.115. The van der Waals surface area contributed by atoms with Gasteiger partial charge in [-0.2, -0.15) is 0 Å². The summed E-state index contributed by atoms with van der Waals surface area (Å²) in [5.41, 5.74) is 6.04. The highest BCUT2D eigenvalue weighted by Gasteiger charge is 2.34. The van der Waals surface area contributed by atoms with Crippen LogP contribution in [0.3, 0.4) is 0 Å². The van der Waals surface area contributed by atoms with Gasteiger partial charge in [-0.3, -0.25) is 15.0 Å². The van der Waals surface area contributed by atoms with Crippen LogP contribution >= 0.6 is 11.8 Å². The number of amides is 2. The number of hydrazine groups is 1. The van der Waals surface area contributed by atoms with Crippen LogP contribution in [0.25, 0.3) is 22.2 Å². The van der Waals surface area contributed by atoms with Crippen LogP contribution < -0.4 is 10.2 Å². The van der Waals surface area contributed by atoms with Gasteiger partial charge in [0.1, 0.15) is 16.9 Å². The number of aromatic nitrogens is 1. The number of halogens is 1. The van der Waals surface area contributed by atoms with Crippen LogP contribution in [0.4, 0.5) is 4.39 Å². The molecule has 1 aliphatic rings. The molecule has 0 aliphatic carbocycles. The molecule has 6 nitrogen and oxygen atoms in total. The topological polar surface area (TPSA) is 71.5 Å². The molecule has 0 saturated carbocycles. The predicted molar refractivity (Wildman–Crippen MR) is 130 cm³/mol. The maximum Gasteiger partial charge on any atom is 0.270 e. The van der Waals surface area contributed by atoms with Crippen molar-refractivity contribution in [3.8, 4) is 17.0 Å². The summed E-state index contributed by atoms with van der Waals surface area (Å²) in [6, 6.07) is 22.4. The van der Waals surface area contributed by atoms with E-state index in [-0.39, 0.29) is 17.5 Å². The minimum Gasteiger partial charge on any atom is -0.497 e. The molecule has 34 heavy (non-hydrogen) atoms. The van der Waals surface area contributed by atoms with Crippen molar-refractivity contribution in [2.75, 3.05) is 12.9 Å². The summed E-state index contributed by atoms with van der Waals surface area (Å²) in [4.78, 5) is 30.8. The van der Waals surface area contributed by atoms with Gasteiger partial charge in [-0.1, -0.05) is 30.3 Å². The maximum atomic E-state index is 13.5. The Hall–Kier alpha value is -3.91. The number of para-hydroxylation sites is 1. The summed E-state index contributed by atoms with van der Waals surface area (Å²) in [6.45, 7) is 0. The molecule has 2 amide bonds. The number of pyridine rings is 1. The Labute approximate surface area is 199 Å². The van der Waals surface area contributed by atoms with E-state index >= 15 is 0 Å². The number of methoxy groups -OCH3 is 1. The Bertz CT molecular complexity index is 1380. The van der Waals surface area contributed by atoms with E-state index in [1.54, 1.807) is 25.3 Å². The van der Waals surface area contributed by atoms with Gasteiger partial charge in [0.05, 0.1) is 29.6 Å². The molecule has 1 aromatic heterocycles. The molecule has 0 spiro atoms. The third-order valence-corrected chi connectivity index (χ3v) is 6.80. The molecule has 1 fully saturated rings. The molecule has 5 rings (SSSR count). The zero-order valence-electron chi connectivity index (χ0n) is 18.2. The van der Waals surface area contributed by atoms with Gasteiger partial charge in [-0.05, 0) is 54.1 Å². The van der Waals surface area contributed by atoms with Crippen LogP contribution in [0.15, 0.2) is 78.9 Å². The zero-order chi connectivity index (χ0) is 23.7. The molecule has 8 heteroatoms. The number of carbonyl (C=O) groups excluding carboxylic acids is 2. The molecule has 4 aromatic rings. The van der Waals surface area contributed by atoms with Crippen LogP contribution in [-0.2, 0) is 4.79 Å². The normalized spacial score (nSPS) is 15.5. The van der Waals surface area contributed by atoms with E-state index in [0.29, 0.717) is 22.2 Å². The number of hydrogen-bond acceptors (Lipinski definition) is 5. The Morgan fingerprint density at radius 3 is 2.56 bits per heavy atom. The lowest BCUT2D eigenvalue weighted by molar-refractivity contribution is -0.130. The molecule has 170 valence electrons. The summed E-state index contributed by atoms with van der Waals surface area (Å²) >= 11 is 1.38. The van der Waals surface area contributed by atoms with Crippen LogP contribution in [0.5, 0.6) is 5.75 Å². The average molecular weight is 474 g/mol. The number of hydrogen-bond donors (Lipinski definition) is 1. The minimum absolute atomic E-state index is 0.219. The van der Waals surface area contributed by atoms with Gasteiger partial charge in [0.2, 0.25) is 0 Å². The fourth-order valence-corrected chi connectivity index (χ4v) is 4.97. The smallest absolute Gasteiger partial charge is 0.270 e. The van der Waals surface area contributed by atoms with Crippen LogP contribution in [0.1, 0.15) is 21.3 Å². The quantitative estimate of drug-likeness (QED) is 0.443. The van der Waals surface area contributed by atoms with E-state index in [1.165, 1.54) is 28.9 Å². The number of ether oxygens (including phenoxy) is 1. The second-order valence-electron chi connectivity index (χ2n) is 7.72. The van der Waals surface area contributed by atoms with Gasteiger partial charge < -0.3 is 4.74 Å². The molecule has 1 atom stereocenters. The lowest BCUT2D eigenvalue weighted by Gasteiger charge is -2.25. The third-order valence-electron chi connectivity index (χ3n) is 5.59. The van der Waals surface area contributed by atoms with E-state index in [9.17, 15) is 14.0 Å². The summed E-state index contributed by atoms with van der Waals surface area (Å²) in [6.07, 6.45) is 0. The highest BCUT2D eigenvalue weighted by molar-refractivity contribution is 8.00. The number of nitrogens with zero attached hydrogens (tertiary/aromatic N) is 2. The molecule has 3 aromatic carbocycles. The third kappa shape index (κ3) is 4.20. The van der Waals surface area contributed by atoms with Gasteiger partial charge >= 0.3 is 0 Å². The Kier molecular flexibility index (Phi) is 5.90. The summed E-state index contributed by atoms with van der Waals surface area (Å²) in [5, 5.41) is 1.56. The first-order valence-corrected chi connectivity index (χ1v) is 11.6. The highest BCUT2D eigenvalue weighted by Crippen LogP contribution is 2.37. The molecule has 1 aliphatic heterocycles. The molecule has 0 bridgehead atoms. The van der Waals surface area contributed by atoms with Crippen molar-refractivity contribution in [2.24, 2.45) is 0 Å². The van der Waals surface area contributed by atoms with Crippen molar-refractivity contribution in [3.63, 3.8) is 0 Å². The number of fused-ring (bicyclic) bond motifs is 1.